The summed E-state index contributed by atoms with van der Waals surface area (Å²) < 4.78 is 5.94. The molecule has 0 saturated carbocycles. The van der Waals surface area contributed by atoms with Crippen LogP contribution in [-0.4, -0.2) is 52.5 Å². The van der Waals surface area contributed by atoms with Gasteiger partial charge in [0.15, 0.2) is 11.9 Å². The number of thioether (sulfide) groups is 1. The summed E-state index contributed by atoms with van der Waals surface area (Å²) in [6, 6.07) is 19.0. The SMILES string of the molecule is CC(=O)/C(CN)=N/OCC1C(=O)N2C(C(=O)OC(c3ccccc3)c3ccccc3)=CCSC12. The molecule has 8 nitrogen and oxygen atoms in total. The normalized spacial score (nSPS) is 19.7. The third kappa shape index (κ3) is 4.90. The third-order valence-electron chi connectivity index (χ3n) is 5.62. The fraction of sp³-hybridized carbons (Fsp3) is 0.280. The second kappa shape index (κ2) is 10.7. The van der Waals surface area contributed by atoms with Gasteiger partial charge in [0, 0.05) is 19.2 Å². The van der Waals surface area contributed by atoms with Gasteiger partial charge in [-0.15, -0.1) is 11.8 Å². The lowest BCUT2D eigenvalue weighted by atomic mass is 9.97. The first-order valence-corrected chi connectivity index (χ1v) is 11.9. The molecule has 2 unspecified atom stereocenters. The highest BCUT2D eigenvalue weighted by Gasteiger charge is 2.53. The number of nitrogens with zero attached hydrogens (tertiary/aromatic N) is 2. The first-order valence-electron chi connectivity index (χ1n) is 10.9. The lowest BCUT2D eigenvalue weighted by Gasteiger charge is -2.48. The van der Waals surface area contributed by atoms with E-state index in [2.05, 4.69) is 5.16 Å². The Balaban J connectivity index is 1.46. The van der Waals surface area contributed by atoms with E-state index < -0.39 is 18.0 Å². The number of carbonyl (C=O) groups is 3. The van der Waals surface area contributed by atoms with Gasteiger partial charge in [-0.2, -0.15) is 0 Å². The number of benzene rings is 2. The minimum atomic E-state index is -0.602. The fourth-order valence-electron chi connectivity index (χ4n) is 3.82. The number of amides is 1. The topological polar surface area (TPSA) is 111 Å². The van der Waals surface area contributed by atoms with Crippen LogP contribution >= 0.6 is 11.8 Å². The van der Waals surface area contributed by atoms with Crippen molar-refractivity contribution in [1.82, 2.24) is 4.90 Å². The minimum Gasteiger partial charge on any atom is -0.448 e. The van der Waals surface area contributed by atoms with Crippen LogP contribution in [0.15, 0.2) is 77.6 Å². The molecule has 0 spiro atoms. The average molecular weight is 480 g/mol. The van der Waals surface area contributed by atoms with Crippen LogP contribution in [0.5, 0.6) is 0 Å². The van der Waals surface area contributed by atoms with Crippen molar-refractivity contribution in [2.45, 2.75) is 18.4 Å². The zero-order chi connectivity index (χ0) is 24.1. The van der Waals surface area contributed by atoms with Crippen LogP contribution in [0.4, 0.5) is 0 Å². The number of oxime groups is 1. The fourth-order valence-corrected chi connectivity index (χ4v) is 5.07. The molecule has 2 heterocycles. The molecule has 0 aromatic heterocycles. The number of rotatable bonds is 9. The number of β-lactam (4-membered cyclic amide) rings is 1. The van der Waals surface area contributed by atoms with Gasteiger partial charge < -0.3 is 15.3 Å². The summed E-state index contributed by atoms with van der Waals surface area (Å²) in [6.45, 7) is 1.31. The quantitative estimate of drug-likeness (QED) is 0.255. The average Bonchev–Trinajstić information content (AvgIpc) is 2.87. The molecule has 0 bridgehead atoms. The smallest absolute Gasteiger partial charge is 0.355 e. The molecule has 1 fully saturated rings. The first-order chi connectivity index (χ1) is 16.5. The number of ketones is 1. The molecular formula is C25H25N3O5S. The number of ether oxygens (including phenoxy) is 1. The highest BCUT2D eigenvalue weighted by Crippen LogP contribution is 2.42. The third-order valence-corrected chi connectivity index (χ3v) is 6.86. The predicted molar refractivity (Wildman–Crippen MR) is 129 cm³/mol. The van der Waals surface area contributed by atoms with Crippen LogP contribution in [0.1, 0.15) is 24.2 Å². The molecule has 2 aliphatic heterocycles. The summed E-state index contributed by atoms with van der Waals surface area (Å²) in [5.74, 6) is -1.01. The van der Waals surface area contributed by atoms with Gasteiger partial charge >= 0.3 is 5.97 Å². The number of hydrogen-bond acceptors (Lipinski definition) is 8. The maximum absolute atomic E-state index is 13.2. The summed E-state index contributed by atoms with van der Waals surface area (Å²) >= 11 is 1.53. The summed E-state index contributed by atoms with van der Waals surface area (Å²) in [5, 5.41) is 3.49. The molecule has 2 aliphatic rings. The van der Waals surface area contributed by atoms with Crippen molar-refractivity contribution in [1.29, 1.82) is 0 Å². The number of esters is 1. The zero-order valence-electron chi connectivity index (χ0n) is 18.6. The Morgan fingerprint density at radius 1 is 1.12 bits per heavy atom. The molecule has 2 aromatic carbocycles. The molecule has 1 saturated heterocycles. The van der Waals surface area contributed by atoms with E-state index in [1.54, 1.807) is 6.08 Å². The van der Waals surface area contributed by atoms with Crippen molar-refractivity contribution in [3.05, 3.63) is 83.6 Å². The van der Waals surface area contributed by atoms with E-state index in [-0.39, 0.29) is 41.6 Å². The van der Waals surface area contributed by atoms with Crippen LogP contribution in [0.2, 0.25) is 0 Å². The standard InChI is InChI=1S/C25H25N3O5S/c1-16(29)20(14-26)27-32-15-19-23(30)28-21(12-13-34-24(19)28)25(31)33-22(17-8-4-2-5-9-17)18-10-6-3-7-11-18/h2-12,19,22,24H,13-15,26H2,1H3/b27-20+. The lowest BCUT2D eigenvalue weighted by molar-refractivity contribution is -0.158. The second-order valence-electron chi connectivity index (χ2n) is 7.83. The molecule has 34 heavy (non-hydrogen) atoms. The van der Waals surface area contributed by atoms with Crippen LogP contribution in [0, 0.1) is 5.92 Å². The van der Waals surface area contributed by atoms with E-state index in [1.807, 2.05) is 60.7 Å². The van der Waals surface area contributed by atoms with Crippen molar-refractivity contribution in [3.8, 4) is 0 Å². The molecule has 1 amide bonds. The van der Waals surface area contributed by atoms with Gasteiger partial charge in [0.25, 0.3) is 0 Å². The van der Waals surface area contributed by atoms with E-state index >= 15 is 0 Å². The monoisotopic (exact) mass is 479 g/mol. The zero-order valence-corrected chi connectivity index (χ0v) is 19.4. The summed E-state index contributed by atoms with van der Waals surface area (Å²) in [5.41, 5.74) is 7.49. The van der Waals surface area contributed by atoms with Gasteiger partial charge in [-0.1, -0.05) is 65.8 Å². The van der Waals surface area contributed by atoms with Crippen LogP contribution in [0.3, 0.4) is 0 Å². The van der Waals surface area contributed by atoms with Gasteiger partial charge in [-0.05, 0) is 17.2 Å². The number of fused-ring (bicyclic) bond motifs is 1. The Hall–Kier alpha value is -3.43. The summed E-state index contributed by atoms with van der Waals surface area (Å²) in [6.07, 6.45) is 1.11. The van der Waals surface area contributed by atoms with Gasteiger partial charge in [0.2, 0.25) is 5.91 Å². The number of nitrogens with two attached hydrogens (primary N) is 1. The van der Waals surface area contributed by atoms with Crippen LogP contribution in [-0.2, 0) is 24.0 Å². The van der Waals surface area contributed by atoms with Crippen molar-refractivity contribution >= 4 is 35.1 Å². The lowest BCUT2D eigenvalue weighted by Crippen LogP contribution is -2.62. The van der Waals surface area contributed by atoms with E-state index in [1.165, 1.54) is 23.6 Å². The summed E-state index contributed by atoms with van der Waals surface area (Å²) in [4.78, 5) is 44.2. The van der Waals surface area contributed by atoms with Gasteiger partial charge in [0.1, 0.15) is 23.9 Å². The van der Waals surface area contributed by atoms with Gasteiger partial charge in [0.05, 0.1) is 5.37 Å². The highest BCUT2D eigenvalue weighted by molar-refractivity contribution is 8.00. The molecule has 2 aromatic rings. The largest absolute Gasteiger partial charge is 0.448 e. The summed E-state index contributed by atoms with van der Waals surface area (Å²) in [7, 11) is 0. The molecule has 0 aliphatic carbocycles. The van der Waals surface area contributed by atoms with Crippen LogP contribution in [0.25, 0.3) is 0 Å². The van der Waals surface area contributed by atoms with Crippen molar-refractivity contribution < 1.29 is 24.0 Å². The second-order valence-corrected chi connectivity index (χ2v) is 8.98. The van der Waals surface area contributed by atoms with E-state index in [4.69, 9.17) is 15.3 Å². The Morgan fingerprint density at radius 2 is 1.74 bits per heavy atom. The molecule has 4 rings (SSSR count). The number of hydrogen-bond donors (Lipinski definition) is 1. The minimum absolute atomic E-state index is 0.00274. The Labute approximate surface area is 201 Å². The van der Waals surface area contributed by atoms with Crippen molar-refractivity contribution in [2.75, 3.05) is 18.9 Å². The Bertz CT molecular complexity index is 1080. The number of Topliss-reactive ketones (excluding diaryl/α,β-unsaturated/α-hetero) is 1. The van der Waals surface area contributed by atoms with Crippen molar-refractivity contribution in [2.24, 2.45) is 16.8 Å². The molecule has 2 atom stereocenters. The molecule has 0 radical (unpaired) electrons. The maximum Gasteiger partial charge on any atom is 0.355 e. The first kappa shape index (κ1) is 23.7. The predicted octanol–water partition coefficient (Wildman–Crippen LogP) is 2.65. The molecule has 2 N–H and O–H groups in total. The Morgan fingerprint density at radius 3 is 2.29 bits per heavy atom. The highest BCUT2D eigenvalue weighted by atomic mass is 32.2. The molecular weight excluding hydrogens is 454 g/mol. The van der Waals surface area contributed by atoms with Crippen LogP contribution < -0.4 is 5.73 Å². The van der Waals surface area contributed by atoms with E-state index in [0.717, 1.165) is 11.1 Å². The van der Waals surface area contributed by atoms with Crippen molar-refractivity contribution in [3.63, 3.8) is 0 Å². The molecule has 176 valence electrons. The van der Waals surface area contributed by atoms with Gasteiger partial charge in [-0.3, -0.25) is 14.5 Å². The molecule has 9 heteroatoms. The Kier molecular flexibility index (Phi) is 7.44. The number of carbonyl (C=O) groups excluding carboxylic acids is 3. The van der Waals surface area contributed by atoms with E-state index in [9.17, 15) is 14.4 Å². The van der Waals surface area contributed by atoms with E-state index in [0.29, 0.717) is 5.75 Å². The maximum atomic E-state index is 13.2. The van der Waals surface area contributed by atoms with Gasteiger partial charge in [-0.25, -0.2) is 4.79 Å².